The standard InChI is InChI=1S/C8H20N4.4Li.4H/c1-2-10-5-6-12-8-7-11-4-3-9-1;;;;;;;;/h9-12H,1-8H2;;;;;;;;. The molecular weight excluding hydrogens is 180 g/mol. The summed E-state index contributed by atoms with van der Waals surface area (Å²) in [5, 5.41) is 13.4. The molecule has 16 heavy (non-hydrogen) atoms. The van der Waals surface area contributed by atoms with Crippen LogP contribution in [0.1, 0.15) is 0 Å². The Morgan fingerprint density at radius 3 is 0.562 bits per heavy atom. The second-order valence-electron chi connectivity index (χ2n) is 3.00. The van der Waals surface area contributed by atoms with E-state index in [9.17, 15) is 0 Å². The van der Waals surface area contributed by atoms with E-state index in [1.54, 1.807) is 0 Å². The molecule has 0 aromatic rings. The van der Waals surface area contributed by atoms with Crippen LogP contribution < -0.4 is 21.3 Å². The normalized spacial score (nSPS) is 18.0. The van der Waals surface area contributed by atoms with Gasteiger partial charge in [-0.2, -0.15) is 0 Å². The predicted molar refractivity (Wildman–Crippen MR) is 80.1 cm³/mol. The SMILES string of the molecule is C1CNCCNCCNCCN1.[LiH].[LiH].[LiH].[LiH]. The van der Waals surface area contributed by atoms with Crippen LogP contribution in [-0.4, -0.2) is 128 Å². The molecule has 1 rings (SSSR count). The van der Waals surface area contributed by atoms with Gasteiger partial charge >= 0.3 is 75.4 Å². The summed E-state index contributed by atoms with van der Waals surface area (Å²) in [6.45, 7) is 8.57. The van der Waals surface area contributed by atoms with Crippen molar-refractivity contribution >= 4 is 75.4 Å². The summed E-state index contributed by atoms with van der Waals surface area (Å²) < 4.78 is 0. The Morgan fingerprint density at radius 2 is 0.438 bits per heavy atom. The Morgan fingerprint density at radius 1 is 0.312 bits per heavy atom. The van der Waals surface area contributed by atoms with E-state index in [0.29, 0.717) is 0 Å². The molecule has 0 radical (unpaired) electrons. The molecule has 1 fully saturated rings. The fraction of sp³-hybridized carbons (Fsp3) is 1.00. The first kappa shape index (κ1) is 26.7. The average molecular weight is 204 g/mol. The van der Waals surface area contributed by atoms with Gasteiger partial charge in [0, 0.05) is 52.4 Å². The topological polar surface area (TPSA) is 48.1 Å². The minimum atomic E-state index is 0. The molecule has 0 spiro atoms. The molecule has 1 saturated heterocycles. The van der Waals surface area contributed by atoms with Gasteiger partial charge in [-0.05, 0) is 0 Å². The van der Waals surface area contributed by atoms with Gasteiger partial charge in [0.15, 0.2) is 0 Å². The van der Waals surface area contributed by atoms with Crippen molar-refractivity contribution in [2.24, 2.45) is 0 Å². The average Bonchev–Trinajstić information content (AvgIpc) is 2.05. The van der Waals surface area contributed by atoms with Crippen molar-refractivity contribution in [3.05, 3.63) is 0 Å². The fourth-order valence-electron chi connectivity index (χ4n) is 1.21. The van der Waals surface area contributed by atoms with E-state index in [-0.39, 0.29) is 75.4 Å². The molecule has 4 nitrogen and oxygen atoms in total. The van der Waals surface area contributed by atoms with Gasteiger partial charge in [-0.3, -0.25) is 0 Å². The molecule has 1 aliphatic heterocycles. The molecule has 80 valence electrons. The van der Waals surface area contributed by atoms with Crippen LogP contribution in [0.3, 0.4) is 0 Å². The Bertz CT molecular complexity index is 67.0. The molecule has 0 bridgehead atoms. The summed E-state index contributed by atoms with van der Waals surface area (Å²) in [5.41, 5.74) is 0. The number of hydrogen-bond donors (Lipinski definition) is 4. The Labute approximate surface area is 148 Å². The predicted octanol–water partition coefficient (Wildman–Crippen LogP) is -4.24. The van der Waals surface area contributed by atoms with Crippen LogP contribution in [0.25, 0.3) is 0 Å². The zero-order valence-electron chi connectivity index (χ0n) is 7.66. The fourth-order valence-corrected chi connectivity index (χ4v) is 1.21. The zero-order valence-corrected chi connectivity index (χ0v) is 7.66. The van der Waals surface area contributed by atoms with Crippen LogP contribution in [0.15, 0.2) is 0 Å². The quantitative estimate of drug-likeness (QED) is 0.302. The van der Waals surface area contributed by atoms with Crippen LogP contribution in [-0.2, 0) is 0 Å². The van der Waals surface area contributed by atoms with Gasteiger partial charge in [0.2, 0.25) is 0 Å². The monoisotopic (exact) mass is 204 g/mol. The number of hydrogen-bond acceptors (Lipinski definition) is 4. The van der Waals surface area contributed by atoms with Gasteiger partial charge in [0.1, 0.15) is 0 Å². The van der Waals surface area contributed by atoms with E-state index >= 15 is 0 Å². The molecule has 0 atom stereocenters. The summed E-state index contributed by atoms with van der Waals surface area (Å²) >= 11 is 0. The molecule has 0 aromatic heterocycles. The minimum absolute atomic E-state index is 0. The second-order valence-corrected chi connectivity index (χ2v) is 3.00. The Balaban J connectivity index is -0.000000180. The first-order chi connectivity index (χ1) is 6.00. The summed E-state index contributed by atoms with van der Waals surface area (Å²) in [4.78, 5) is 0. The van der Waals surface area contributed by atoms with Crippen molar-refractivity contribution in [3.8, 4) is 0 Å². The molecule has 4 N–H and O–H groups in total. The van der Waals surface area contributed by atoms with Crippen LogP contribution in [0.4, 0.5) is 0 Å². The van der Waals surface area contributed by atoms with E-state index in [4.69, 9.17) is 0 Å². The van der Waals surface area contributed by atoms with Gasteiger partial charge < -0.3 is 21.3 Å². The molecule has 8 heteroatoms. The molecule has 0 aliphatic carbocycles. The van der Waals surface area contributed by atoms with E-state index in [2.05, 4.69) is 21.3 Å². The van der Waals surface area contributed by atoms with Gasteiger partial charge in [0.05, 0.1) is 0 Å². The van der Waals surface area contributed by atoms with Crippen molar-refractivity contribution < 1.29 is 0 Å². The van der Waals surface area contributed by atoms with Crippen molar-refractivity contribution in [2.75, 3.05) is 52.4 Å². The molecule has 0 aromatic carbocycles. The third-order valence-corrected chi connectivity index (χ3v) is 1.91. The molecule has 0 amide bonds. The molecule has 1 aliphatic rings. The molecule has 0 unspecified atom stereocenters. The zero-order chi connectivity index (χ0) is 8.49. The van der Waals surface area contributed by atoms with Gasteiger partial charge in [-0.1, -0.05) is 0 Å². The molecular formula is C8H24Li4N4. The third kappa shape index (κ3) is 18.6. The van der Waals surface area contributed by atoms with Crippen LogP contribution in [0.2, 0.25) is 0 Å². The Hall–Kier alpha value is 2.23. The maximum atomic E-state index is 3.36. The number of rotatable bonds is 0. The number of nitrogens with one attached hydrogen (secondary N) is 4. The van der Waals surface area contributed by atoms with E-state index in [1.807, 2.05) is 0 Å². The first-order valence-electron chi connectivity index (χ1n) is 4.83. The molecule has 1 heterocycles. The first-order valence-corrected chi connectivity index (χ1v) is 4.83. The van der Waals surface area contributed by atoms with E-state index in [0.717, 1.165) is 52.4 Å². The van der Waals surface area contributed by atoms with Crippen molar-refractivity contribution in [1.29, 1.82) is 0 Å². The summed E-state index contributed by atoms with van der Waals surface area (Å²) in [7, 11) is 0. The van der Waals surface area contributed by atoms with Crippen LogP contribution in [0.5, 0.6) is 0 Å². The van der Waals surface area contributed by atoms with Gasteiger partial charge in [-0.15, -0.1) is 0 Å². The van der Waals surface area contributed by atoms with Gasteiger partial charge in [0.25, 0.3) is 0 Å². The summed E-state index contributed by atoms with van der Waals surface area (Å²) in [5.74, 6) is 0. The van der Waals surface area contributed by atoms with E-state index < -0.39 is 0 Å². The molecule has 0 saturated carbocycles. The van der Waals surface area contributed by atoms with Crippen molar-refractivity contribution in [1.82, 2.24) is 21.3 Å². The van der Waals surface area contributed by atoms with E-state index in [1.165, 1.54) is 0 Å². The van der Waals surface area contributed by atoms with Crippen LogP contribution in [0, 0.1) is 0 Å². The second kappa shape index (κ2) is 22.4. The maximum absolute atomic E-state index is 3.36. The summed E-state index contributed by atoms with van der Waals surface area (Å²) in [6, 6.07) is 0. The van der Waals surface area contributed by atoms with Crippen molar-refractivity contribution in [3.63, 3.8) is 0 Å². The van der Waals surface area contributed by atoms with Gasteiger partial charge in [-0.25, -0.2) is 0 Å². The third-order valence-electron chi connectivity index (χ3n) is 1.91. The van der Waals surface area contributed by atoms with Crippen LogP contribution >= 0.6 is 0 Å². The Kier molecular flexibility index (Phi) is 37.4. The summed E-state index contributed by atoms with van der Waals surface area (Å²) in [6.07, 6.45) is 0. The van der Waals surface area contributed by atoms with Crippen molar-refractivity contribution in [2.45, 2.75) is 0 Å².